The molecule has 1 fully saturated rings. The summed E-state index contributed by atoms with van der Waals surface area (Å²) in [4.78, 5) is 13.5. The molecule has 0 aromatic carbocycles. The molecule has 0 saturated carbocycles. The van der Waals surface area contributed by atoms with Crippen LogP contribution in [0.4, 0.5) is 0 Å². The maximum Gasteiger partial charge on any atom is 0.320 e. The third kappa shape index (κ3) is 4.09. The van der Waals surface area contributed by atoms with Gasteiger partial charge in [-0.2, -0.15) is 0 Å². The second-order valence-electron chi connectivity index (χ2n) is 4.50. The summed E-state index contributed by atoms with van der Waals surface area (Å²) in [5.41, 5.74) is 0. The van der Waals surface area contributed by atoms with Gasteiger partial charge in [-0.05, 0) is 45.7 Å². The maximum atomic E-state index is 11.3. The fraction of sp³-hybridized carbons (Fsp3) is 0.909. The molecule has 0 bridgehead atoms. The first-order valence-electron chi connectivity index (χ1n) is 5.49. The third-order valence-electron chi connectivity index (χ3n) is 2.60. The van der Waals surface area contributed by atoms with Crippen molar-refractivity contribution < 1.29 is 9.53 Å². The van der Waals surface area contributed by atoms with Crippen LogP contribution in [0, 0.1) is 5.92 Å². The fourth-order valence-corrected chi connectivity index (χ4v) is 1.70. The first-order valence-corrected chi connectivity index (χ1v) is 5.49. The molecule has 1 aliphatic rings. The molecule has 0 aliphatic carbocycles. The number of hydrogen-bond acceptors (Lipinski definition) is 3. The molecule has 0 aromatic rings. The molecule has 1 rings (SSSR count). The van der Waals surface area contributed by atoms with Gasteiger partial charge in [0, 0.05) is 0 Å². The largest absolute Gasteiger partial charge is 0.462 e. The highest BCUT2D eigenvalue weighted by Gasteiger charge is 2.18. The van der Waals surface area contributed by atoms with Crippen LogP contribution in [0.5, 0.6) is 0 Å². The van der Waals surface area contributed by atoms with Gasteiger partial charge in [0.15, 0.2) is 0 Å². The Kier molecular flexibility index (Phi) is 4.39. The van der Waals surface area contributed by atoms with E-state index in [2.05, 4.69) is 11.8 Å². The van der Waals surface area contributed by atoms with Crippen LogP contribution in [0.1, 0.15) is 33.6 Å². The molecule has 0 atom stereocenters. The Balaban J connectivity index is 2.20. The predicted octanol–water partition coefficient (Wildman–Crippen LogP) is 1.67. The van der Waals surface area contributed by atoms with Crippen molar-refractivity contribution in [1.82, 2.24) is 4.90 Å². The van der Waals surface area contributed by atoms with Gasteiger partial charge < -0.3 is 4.74 Å². The summed E-state index contributed by atoms with van der Waals surface area (Å²) < 4.78 is 5.10. The Labute approximate surface area is 86.4 Å². The van der Waals surface area contributed by atoms with Gasteiger partial charge in [-0.3, -0.25) is 9.69 Å². The lowest BCUT2D eigenvalue weighted by Crippen LogP contribution is -2.37. The molecule has 0 amide bonds. The molecular weight excluding hydrogens is 178 g/mol. The van der Waals surface area contributed by atoms with Crippen molar-refractivity contribution >= 4 is 5.97 Å². The summed E-state index contributed by atoms with van der Waals surface area (Å²) in [6.07, 6.45) is 2.41. The normalized spacial score (nSPS) is 20.0. The molecule has 0 spiro atoms. The molecule has 0 N–H and O–H groups in total. The molecule has 1 saturated heterocycles. The summed E-state index contributed by atoms with van der Waals surface area (Å²) in [5.74, 6) is 0.724. The van der Waals surface area contributed by atoms with Crippen LogP contribution in [0.3, 0.4) is 0 Å². The van der Waals surface area contributed by atoms with Crippen molar-refractivity contribution in [3.63, 3.8) is 0 Å². The number of carbonyl (C=O) groups excluding carboxylic acids is 1. The molecule has 1 heterocycles. The van der Waals surface area contributed by atoms with E-state index in [-0.39, 0.29) is 12.1 Å². The summed E-state index contributed by atoms with van der Waals surface area (Å²) in [6.45, 7) is 8.57. The lowest BCUT2D eigenvalue weighted by molar-refractivity contribution is -0.149. The zero-order chi connectivity index (χ0) is 10.6. The Hall–Kier alpha value is -0.570. The first-order chi connectivity index (χ1) is 6.58. The standard InChI is InChI=1S/C11H21NO2/c1-9(2)14-11(13)8-12-6-4-10(3)5-7-12/h9-10H,4-8H2,1-3H3. The van der Waals surface area contributed by atoms with Crippen LogP contribution >= 0.6 is 0 Å². The molecular formula is C11H21NO2. The number of nitrogens with zero attached hydrogens (tertiary/aromatic N) is 1. The minimum atomic E-state index is -0.0884. The van der Waals surface area contributed by atoms with E-state index in [9.17, 15) is 4.79 Å². The average Bonchev–Trinajstić information content (AvgIpc) is 2.07. The molecule has 0 radical (unpaired) electrons. The fourth-order valence-electron chi connectivity index (χ4n) is 1.70. The van der Waals surface area contributed by atoms with Crippen molar-refractivity contribution in [2.45, 2.75) is 39.7 Å². The number of rotatable bonds is 3. The average molecular weight is 199 g/mol. The minimum Gasteiger partial charge on any atom is -0.462 e. The molecule has 3 heteroatoms. The predicted molar refractivity (Wildman–Crippen MR) is 56.1 cm³/mol. The monoisotopic (exact) mass is 199 g/mol. The number of esters is 1. The second-order valence-corrected chi connectivity index (χ2v) is 4.50. The Bertz CT molecular complexity index is 184. The third-order valence-corrected chi connectivity index (χ3v) is 2.60. The molecule has 0 unspecified atom stereocenters. The highest BCUT2D eigenvalue weighted by atomic mass is 16.5. The van der Waals surface area contributed by atoms with E-state index in [1.807, 2.05) is 13.8 Å². The van der Waals surface area contributed by atoms with Gasteiger partial charge in [-0.25, -0.2) is 0 Å². The SMILES string of the molecule is CC1CCN(CC(=O)OC(C)C)CC1. The van der Waals surface area contributed by atoms with E-state index in [4.69, 9.17) is 4.74 Å². The van der Waals surface area contributed by atoms with Crippen molar-refractivity contribution in [2.75, 3.05) is 19.6 Å². The summed E-state index contributed by atoms with van der Waals surface area (Å²) >= 11 is 0. The molecule has 82 valence electrons. The van der Waals surface area contributed by atoms with Gasteiger partial charge in [-0.15, -0.1) is 0 Å². The van der Waals surface area contributed by atoms with Crippen LogP contribution in [0.25, 0.3) is 0 Å². The van der Waals surface area contributed by atoms with E-state index in [1.54, 1.807) is 0 Å². The Morgan fingerprint density at radius 3 is 2.50 bits per heavy atom. The van der Waals surface area contributed by atoms with E-state index in [1.165, 1.54) is 12.8 Å². The van der Waals surface area contributed by atoms with Gasteiger partial charge in [0.1, 0.15) is 0 Å². The van der Waals surface area contributed by atoms with Gasteiger partial charge >= 0.3 is 5.97 Å². The molecule has 3 nitrogen and oxygen atoms in total. The molecule has 14 heavy (non-hydrogen) atoms. The van der Waals surface area contributed by atoms with Crippen LogP contribution < -0.4 is 0 Å². The van der Waals surface area contributed by atoms with Gasteiger partial charge in [0.2, 0.25) is 0 Å². The number of likely N-dealkylation sites (tertiary alicyclic amines) is 1. The van der Waals surface area contributed by atoms with E-state index in [0.717, 1.165) is 19.0 Å². The summed E-state index contributed by atoms with van der Waals surface area (Å²) in [5, 5.41) is 0. The molecule has 0 aromatic heterocycles. The van der Waals surface area contributed by atoms with Crippen molar-refractivity contribution in [2.24, 2.45) is 5.92 Å². The second kappa shape index (κ2) is 5.35. The van der Waals surface area contributed by atoms with Crippen molar-refractivity contribution in [3.05, 3.63) is 0 Å². The van der Waals surface area contributed by atoms with Gasteiger partial charge in [-0.1, -0.05) is 6.92 Å². The van der Waals surface area contributed by atoms with Crippen molar-refractivity contribution in [1.29, 1.82) is 0 Å². The van der Waals surface area contributed by atoms with Crippen LogP contribution in [0.2, 0.25) is 0 Å². The zero-order valence-electron chi connectivity index (χ0n) is 9.45. The Morgan fingerprint density at radius 2 is 2.00 bits per heavy atom. The highest BCUT2D eigenvalue weighted by molar-refractivity contribution is 5.71. The highest BCUT2D eigenvalue weighted by Crippen LogP contribution is 2.15. The lowest BCUT2D eigenvalue weighted by Gasteiger charge is -2.29. The maximum absolute atomic E-state index is 11.3. The van der Waals surface area contributed by atoms with Crippen LogP contribution in [0.15, 0.2) is 0 Å². The van der Waals surface area contributed by atoms with E-state index in [0.29, 0.717) is 6.54 Å². The van der Waals surface area contributed by atoms with Crippen LogP contribution in [-0.2, 0) is 9.53 Å². The zero-order valence-corrected chi connectivity index (χ0v) is 9.45. The summed E-state index contributed by atoms with van der Waals surface area (Å²) in [6, 6.07) is 0. The number of hydrogen-bond donors (Lipinski definition) is 0. The molecule has 1 aliphatic heterocycles. The quantitative estimate of drug-likeness (QED) is 0.648. The van der Waals surface area contributed by atoms with Crippen LogP contribution in [-0.4, -0.2) is 36.6 Å². The van der Waals surface area contributed by atoms with Crippen molar-refractivity contribution in [3.8, 4) is 0 Å². The number of ether oxygens (including phenoxy) is 1. The smallest absolute Gasteiger partial charge is 0.320 e. The first kappa shape index (κ1) is 11.5. The van der Waals surface area contributed by atoms with E-state index >= 15 is 0 Å². The Morgan fingerprint density at radius 1 is 1.43 bits per heavy atom. The van der Waals surface area contributed by atoms with E-state index < -0.39 is 0 Å². The number of carbonyl (C=O) groups is 1. The minimum absolute atomic E-state index is 0.00575. The lowest BCUT2D eigenvalue weighted by atomic mass is 9.99. The van der Waals surface area contributed by atoms with Gasteiger partial charge in [0.25, 0.3) is 0 Å². The number of piperidine rings is 1. The summed E-state index contributed by atoms with van der Waals surface area (Å²) in [7, 11) is 0. The van der Waals surface area contributed by atoms with Gasteiger partial charge in [0.05, 0.1) is 12.6 Å². The topological polar surface area (TPSA) is 29.5 Å².